The van der Waals surface area contributed by atoms with E-state index in [4.69, 9.17) is 0 Å². The molecule has 1 heterocycles. The minimum atomic E-state index is -0.469. The topological polar surface area (TPSA) is 92.6 Å². The van der Waals surface area contributed by atoms with Crippen molar-refractivity contribution in [2.75, 3.05) is 13.1 Å². The van der Waals surface area contributed by atoms with Crippen LogP contribution in [-0.2, 0) is 11.2 Å². The molecule has 2 amide bonds. The van der Waals surface area contributed by atoms with Gasteiger partial charge in [-0.3, -0.25) is 19.7 Å². The molecule has 0 aromatic heterocycles. The molecule has 7 nitrogen and oxygen atoms in total. The van der Waals surface area contributed by atoms with Gasteiger partial charge < -0.3 is 10.2 Å². The maximum Gasteiger partial charge on any atom is 0.273 e. The second kappa shape index (κ2) is 9.32. The minimum absolute atomic E-state index is 0.0214. The number of amides is 2. The van der Waals surface area contributed by atoms with E-state index in [-0.39, 0.29) is 23.5 Å². The maximum atomic E-state index is 12.8. The fourth-order valence-corrected chi connectivity index (χ4v) is 3.65. The summed E-state index contributed by atoms with van der Waals surface area (Å²) in [6.45, 7) is 2.64. The van der Waals surface area contributed by atoms with E-state index in [0.29, 0.717) is 49.9 Å². The fraction of sp³-hybridized carbons (Fsp3) is 0.364. The van der Waals surface area contributed by atoms with Crippen LogP contribution in [0.5, 0.6) is 0 Å². The van der Waals surface area contributed by atoms with Gasteiger partial charge in [0, 0.05) is 42.7 Å². The monoisotopic (exact) mass is 395 g/mol. The smallest absolute Gasteiger partial charge is 0.273 e. The zero-order valence-electron chi connectivity index (χ0n) is 16.5. The SMILES string of the molecule is Cc1c(C(=O)N2CCC(NC(=O)CCc3ccccc3)CC2)cccc1[N+](=O)[O-]. The van der Waals surface area contributed by atoms with E-state index in [2.05, 4.69) is 5.32 Å². The summed E-state index contributed by atoms with van der Waals surface area (Å²) < 4.78 is 0. The average molecular weight is 395 g/mol. The van der Waals surface area contributed by atoms with Crippen LogP contribution in [0.4, 0.5) is 5.69 Å². The normalized spacial score (nSPS) is 14.4. The lowest BCUT2D eigenvalue weighted by Gasteiger charge is -2.32. The molecule has 2 aromatic rings. The van der Waals surface area contributed by atoms with Gasteiger partial charge in [0.25, 0.3) is 11.6 Å². The highest BCUT2D eigenvalue weighted by Crippen LogP contribution is 2.23. The first kappa shape index (κ1) is 20.5. The third kappa shape index (κ3) is 5.19. The van der Waals surface area contributed by atoms with Gasteiger partial charge in [-0.1, -0.05) is 36.4 Å². The zero-order chi connectivity index (χ0) is 20.8. The summed E-state index contributed by atoms with van der Waals surface area (Å²) in [5.74, 6) is -0.173. The van der Waals surface area contributed by atoms with Crippen molar-refractivity contribution in [2.24, 2.45) is 0 Å². The Balaban J connectivity index is 1.50. The number of nitro benzene ring substituents is 1. The zero-order valence-corrected chi connectivity index (χ0v) is 16.5. The van der Waals surface area contributed by atoms with Gasteiger partial charge in [0.05, 0.1) is 4.92 Å². The van der Waals surface area contributed by atoms with Crippen LogP contribution in [0.2, 0.25) is 0 Å². The maximum absolute atomic E-state index is 12.8. The molecule has 1 aliphatic rings. The Kier molecular flexibility index (Phi) is 6.59. The van der Waals surface area contributed by atoms with E-state index >= 15 is 0 Å². The molecule has 3 rings (SSSR count). The number of piperidine rings is 1. The van der Waals surface area contributed by atoms with Gasteiger partial charge in [0.1, 0.15) is 0 Å². The van der Waals surface area contributed by atoms with E-state index in [0.717, 1.165) is 5.56 Å². The predicted octanol–water partition coefficient (Wildman–Crippen LogP) is 3.26. The van der Waals surface area contributed by atoms with Gasteiger partial charge in [-0.15, -0.1) is 0 Å². The quantitative estimate of drug-likeness (QED) is 0.600. The fourth-order valence-electron chi connectivity index (χ4n) is 3.65. The molecule has 0 atom stereocenters. The summed E-state index contributed by atoms with van der Waals surface area (Å²) in [6, 6.07) is 14.5. The average Bonchev–Trinajstić information content (AvgIpc) is 2.73. The molecular weight excluding hydrogens is 370 g/mol. The Labute approximate surface area is 169 Å². The first-order valence-corrected chi connectivity index (χ1v) is 9.82. The van der Waals surface area contributed by atoms with Crippen molar-refractivity contribution in [1.82, 2.24) is 10.2 Å². The van der Waals surface area contributed by atoms with Crippen LogP contribution in [0.1, 0.15) is 40.7 Å². The van der Waals surface area contributed by atoms with Crippen molar-refractivity contribution in [3.8, 4) is 0 Å². The van der Waals surface area contributed by atoms with Gasteiger partial charge in [-0.2, -0.15) is 0 Å². The Morgan fingerprint density at radius 3 is 2.45 bits per heavy atom. The van der Waals surface area contributed by atoms with Crippen molar-refractivity contribution < 1.29 is 14.5 Å². The van der Waals surface area contributed by atoms with Crippen LogP contribution < -0.4 is 5.32 Å². The van der Waals surface area contributed by atoms with Crippen LogP contribution >= 0.6 is 0 Å². The largest absolute Gasteiger partial charge is 0.353 e. The lowest BCUT2D eigenvalue weighted by atomic mass is 10.0. The number of carbonyl (C=O) groups excluding carboxylic acids is 2. The lowest BCUT2D eigenvalue weighted by Crippen LogP contribution is -2.46. The van der Waals surface area contributed by atoms with Gasteiger partial charge in [-0.05, 0) is 37.8 Å². The van der Waals surface area contributed by atoms with E-state index in [1.807, 2.05) is 30.3 Å². The number of likely N-dealkylation sites (tertiary alicyclic amines) is 1. The molecule has 0 bridgehead atoms. The molecule has 2 aromatic carbocycles. The van der Waals surface area contributed by atoms with Crippen LogP contribution in [-0.4, -0.2) is 40.8 Å². The summed E-state index contributed by atoms with van der Waals surface area (Å²) in [5, 5.41) is 14.2. The van der Waals surface area contributed by atoms with Crippen molar-refractivity contribution in [3.63, 3.8) is 0 Å². The molecule has 29 heavy (non-hydrogen) atoms. The summed E-state index contributed by atoms with van der Waals surface area (Å²) in [5.41, 5.74) is 1.84. The molecule has 7 heteroatoms. The molecule has 1 saturated heterocycles. The Morgan fingerprint density at radius 2 is 1.79 bits per heavy atom. The molecular formula is C22H25N3O4. The number of hydrogen-bond acceptors (Lipinski definition) is 4. The summed E-state index contributed by atoms with van der Waals surface area (Å²) in [6.07, 6.45) is 2.50. The molecule has 0 unspecified atom stereocenters. The van der Waals surface area contributed by atoms with E-state index in [1.54, 1.807) is 17.9 Å². The van der Waals surface area contributed by atoms with Crippen molar-refractivity contribution in [1.29, 1.82) is 0 Å². The Morgan fingerprint density at radius 1 is 1.10 bits per heavy atom. The highest BCUT2D eigenvalue weighted by Gasteiger charge is 2.27. The van der Waals surface area contributed by atoms with Gasteiger partial charge >= 0.3 is 0 Å². The number of nitro groups is 1. The number of nitrogens with zero attached hydrogens (tertiary/aromatic N) is 2. The second-order valence-corrected chi connectivity index (χ2v) is 7.33. The molecule has 1 fully saturated rings. The molecule has 0 radical (unpaired) electrons. The summed E-state index contributed by atoms with van der Waals surface area (Å²) in [4.78, 5) is 37.4. The number of carbonyl (C=O) groups is 2. The molecule has 0 spiro atoms. The number of nitrogens with one attached hydrogen (secondary N) is 1. The number of hydrogen-bond donors (Lipinski definition) is 1. The second-order valence-electron chi connectivity index (χ2n) is 7.33. The molecule has 1 N–H and O–H groups in total. The van der Waals surface area contributed by atoms with Crippen LogP contribution in [0, 0.1) is 17.0 Å². The predicted molar refractivity (Wildman–Crippen MR) is 110 cm³/mol. The third-order valence-electron chi connectivity index (χ3n) is 5.36. The number of rotatable bonds is 6. The van der Waals surface area contributed by atoms with Crippen LogP contribution in [0.15, 0.2) is 48.5 Å². The molecule has 1 aliphatic heterocycles. The van der Waals surface area contributed by atoms with E-state index in [1.165, 1.54) is 12.1 Å². The molecule has 0 saturated carbocycles. The Bertz CT molecular complexity index is 890. The third-order valence-corrected chi connectivity index (χ3v) is 5.36. The van der Waals surface area contributed by atoms with Crippen molar-refractivity contribution >= 4 is 17.5 Å². The van der Waals surface area contributed by atoms with Gasteiger partial charge in [0.15, 0.2) is 0 Å². The molecule has 152 valence electrons. The van der Waals surface area contributed by atoms with E-state index in [9.17, 15) is 19.7 Å². The summed E-state index contributed by atoms with van der Waals surface area (Å²) in [7, 11) is 0. The van der Waals surface area contributed by atoms with E-state index < -0.39 is 4.92 Å². The van der Waals surface area contributed by atoms with Crippen molar-refractivity contribution in [2.45, 2.75) is 38.6 Å². The van der Waals surface area contributed by atoms with Crippen molar-refractivity contribution in [3.05, 3.63) is 75.3 Å². The van der Waals surface area contributed by atoms with Crippen LogP contribution in [0.25, 0.3) is 0 Å². The number of aryl methyl sites for hydroxylation is 1. The Hall–Kier alpha value is -3.22. The highest BCUT2D eigenvalue weighted by molar-refractivity contribution is 5.96. The standard InChI is InChI=1S/C22H25N3O4/c1-16-19(8-5-9-20(16)25(28)29)22(27)24-14-12-18(13-15-24)23-21(26)11-10-17-6-3-2-4-7-17/h2-9,18H,10-15H2,1H3,(H,23,26). The first-order chi connectivity index (χ1) is 14.0. The van der Waals surface area contributed by atoms with Crippen LogP contribution in [0.3, 0.4) is 0 Å². The summed E-state index contributed by atoms with van der Waals surface area (Å²) >= 11 is 0. The minimum Gasteiger partial charge on any atom is -0.353 e. The first-order valence-electron chi connectivity index (χ1n) is 9.82. The van der Waals surface area contributed by atoms with Gasteiger partial charge in [0.2, 0.25) is 5.91 Å². The number of benzene rings is 2. The lowest BCUT2D eigenvalue weighted by molar-refractivity contribution is -0.385. The highest BCUT2D eigenvalue weighted by atomic mass is 16.6. The van der Waals surface area contributed by atoms with Gasteiger partial charge in [-0.25, -0.2) is 0 Å². The molecule has 0 aliphatic carbocycles.